The van der Waals surface area contributed by atoms with E-state index in [2.05, 4.69) is 0 Å². The molecule has 0 aliphatic carbocycles. The molecule has 0 unspecified atom stereocenters. The molecule has 0 aliphatic rings. The Kier molecular flexibility index (Phi) is 4.43. The van der Waals surface area contributed by atoms with Crippen LogP contribution in [0.4, 0.5) is 5.69 Å². The molecular formula is C11H14ClNO3. The van der Waals surface area contributed by atoms with Gasteiger partial charge in [0.15, 0.2) is 0 Å². The summed E-state index contributed by atoms with van der Waals surface area (Å²) in [5, 5.41) is 0.436. The summed E-state index contributed by atoms with van der Waals surface area (Å²) in [5.41, 5.74) is 6.75. The third-order valence-corrected chi connectivity index (χ3v) is 2.39. The van der Waals surface area contributed by atoms with Crippen molar-refractivity contribution >= 4 is 23.3 Å². The lowest BCUT2D eigenvalue weighted by Gasteiger charge is -2.09. The average Bonchev–Trinajstić information content (AvgIpc) is 2.22. The van der Waals surface area contributed by atoms with E-state index in [1.807, 2.05) is 0 Å². The zero-order valence-corrected chi connectivity index (χ0v) is 10.0. The zero-order valence-electron chi connectivity index (χ0n) is 9.25. The number of esters is 1. The minimum Gasteiger partial charge on any atom is -0.495 e. The predicted molar refractivity (Wildman–Crippen MR) is 62.8 cm³/mol. The highest BCUT2D eigenvalue weighted by molar-refractivity contribution is 6.31. The number of anilines is 1. The minimum absolute atomic E-state index is 0.114. The van der Waals surface area contributed by atoms with Gasteiger partial charge in [-0.2, -0.15) is 0 Å². The Hall–Kier alpha value is -1.42. The third-order valence-electron chi connectivity index (χ3n) is 2.04. The lowest BCUT2D eigenvalue weighted by molar-refractivity contribution is -0.142. The SMILES string of the molecule is CCOC(=O)Cc1cc(OC)c(N)cc1Cl. The van der Waals surface area contributed by atoms with Crippen molar-refractivity contribution in [3.63, 3.8) is 0 Å². The van der Waals surface area contributed by atoms with Crippen LogP contribution >= 0.6 is 11.6 Å². The fourth-order valence-corrected chi connectivity index (χ4v) is 1.53. The number of hydrogen-bond acceptors (Lipinski definition) is 4. The fraction of sp³-hybridized carbons (Fsp3) is 0.364. The van der Waals surface area contributed by atoms with Crippen LogP contribution in [0.2, 0.25) is 5.02 Å². The number of nitrogens with two attached hydrogens (primary N) is 1. The second-order valence-corrected chi connectivity index (χ2v) is 3.57. The van der Waals surface area contributed by atoms with E-state index < -0.39 is 0 Å². The van der Waals surface area contributed by atoms with Gasteiger partial charge >= 0.3 is 5.97 Å². The molecule has 0 atom stereocenters. The first-order valence-corrected chi connectivity index (χ1v) is 5.23. The maximum atomic E-state index is 11.3. The second kappa shape index (κ2) is 5.61. The molecule has 0 radical (unpaired) electrons. The molecule has 0 aliphatic heterocycles. The quantitative estimate of drug-likeness (QED) is 0.649. The standard InChI is InChI=1S/C11H14ClNO3/c1-3-16-11(14)5-7-4-10(15-2)9(13)6-8(7)12/h4,6H,3,5,13H2,1-2H3. The first kappa shape index (κ1) is 12.6. The first-order valence-electron chi connectivity index (χ1n) is 4.86. The Balaban J connectivity index is 2.91. The van der Waals surface area contributed by atoms with Gasteiger partial charge in [0.2, 0.25) is 0 Å². The van der Waals surface area contributed by atoms with Crippen molar-refractivity contribution in [1.29, 1.82) is 0 Å². The molecule has 2 N–H and O–H groups in total. The van der Waals surface area contributed by atoms with Crippen molar-refractivity contribution in [2.24, 2.45) is 0 Å². The van der Waals surface area contributed by atoms with Gasteiger partial charge in [0, 0.05) is 5.02 Å². The number of benzene rings is 1. The molecule has 0 spiro atoms. The van der Waals surface area contributed by atoms with Gasteiger partial charge in [-0.1, -0.05) is 11.6 Å². The highest BCUT2D eigenvalue weighted by atomic mass is 35.5. The Morgan fingerprint density at radius 2 is 2.19 bits per heavy atom. The molecule has 0 bridgehead atoms. The molecule has 16 heavy (non-hydrogen) atoms. The van der Waals surface area contributed by atoms with Crippen molar-refractivity contribution < 1.29 is 14.3 Å². The normalized spacial score (nSPS) is 9.94. The third kappa shape index (κ3) is 3.03. The molecule has 1 aromatic carbocycles. The van der Waals surface area contributed by atoms with E-state index in [0.29, 0.717) is 28.6 Å². The largest absolute Gasteiger partial charge is 0.495 e. The smallest absolute Gasteiger partial charge is 0.310 e. The minimum atomic E-state index is -0.323. The molecule has 5 heteroatoms. The van der Waals surface area contributed by atoms with E-state index in [0.717, 1.165) is 0 Å². The van der Waals surface area contributed by atoms with Crippen molar-refractivity contribution in [3.05, 3.63) is 22.7 Å². The Morgan fingerprint density at radius 1 is 1.50 bits per heavy atom. The summed E-state index contributed by atoms with van der Waals surface area (Å²) in [6.07, 6.45) is 0.114. The number of carbonyl (C=O) groups is 1. The van der Waals surface area contributed by atoms with Gasteiger partial charge < -0.3 is 15.2 Å². The number of nitrogen functional groups attached to an aromatic ring is 1. The zero-order chi connectivity index (χ0) is 12.1. The number of halogens is 1. The fourth-order valence-electron chi connectivity index (χ4n) is 1.29. The van der Waals surface area contributed by atoms with Gasteiger partial charge in [0.1, 0.15) is 5.75 Å². The summed E-state index contributed by atoms with van der Waals surface area (Å²) in [6, 6.07) is 3.21. The van der Waals surface area contributed by atoms with Crippen LogP contribution in [0, 0.1) is 0 Å². The summed E-state index contributed by atoms with van der Waals surface area (Å²) in [6.45, 7) is 2.10. The maximum Gasteiger partial charge on any atom is 0.310 e. The molecular weight excluding hydrogens is 230 g/mol. The van der Waals surface area contributed by atoms with Crippen molar-refractivity contribution in [3.8, 4) is 5.75 Å². The Bertz CT molecular complexity index is 393. The summed E-state index contributed by atoms with van der Waals surface area (Å²) < 4.78 is 9.88. The Morgan fingerprint density at radius 3 is 2.75 bits per heavy atom. The molecule has 4 nitrogen and oxygen atoms in total. The van der Waals surface area contributed by atoms with Gasteiger partial charge in [-0.3, -0.25) is 4.79 Å². The number of methoxy groups -OCH3 is 1. The summed E-state index contributed by atoms with van der Waals surface area (Å²) in [4.78, 5) is 11.3. The summed E-state index contributed by atoms with van der Waals surface area (Å²) in [7, 11) is 1.51. The van der Waals surface area contributed by atoms with Crippen LogP contribution in [0.15, 0.2) is 12.1 Å². The number of carbonyl (C=O) groups excluding carboxylic acids is 1. The molecule has 1 rings (SSSR count). The van der Waals surface area contributed by atoms with E-state index in [9.17, 15) is 4.79 Å². The van der Waals surface area contributed by atoms with Crippen LogP contribution in [0.25, 0.3) is 0 Å². The maximum absolute atomic E-state index is 11.3. The van der Waals surface area contributed by atoms with E-state index >= 15 is 0 Å². The van der Waals surface area contributed by atoms with Gasteiger partial charge in [-0.25, -0.2) is 0 Å². The first-order chi connectivity index (χ1) is 7.58. The molecule has 88 valence electrons. The van der Waals surface area contributed by atoms with E-state index in [-0.39, 0.29) is 12.4 Å². The van der Waals surface area contributed by atoms with Crippen LogP contribution in [-0.2, 0) is 16.0 Å². The van der Waals surface area contributed by atoms with Crippen LogP contribution < -0.4 is 10.5 Å². The lowest BCUT2D eigenvalue weighted by atomic mass is 10.1. The topological polar surface area (TPSA) is 61.5 Å². The van der Waals surface area contributed by atoms with Crippen LogP contribution in [0.3, 0.4) is 0 Å². The number of rotatable bonds is 4. The molecule has 0 fully saturated rings. The number of hydrogen-bond donors (Lipinski definition) is 1. The van der Waals surface area contributed by atoms with Crippen molar-refractivity contribution in [1.82, 2.24) is 0 Å². The summed E-state index contributed by atoms with van der Waals surface area (Å²) in [5.74, 6) is 0.180. The van der Waals surface area contributed by atoms with Crippen LogP contribution in [-0.4, -0.2) is 19.7 Å². The molecule has 0 saturated carbocycles. The average molecular weight is 244 g/mol. The van der Waals surface area contributed by atoms with E-state index in [1.165, 1.54) is 7.11 Å². The van der Waals surface area contributed by atoms with Crippen molar-refractivity contribution in [2.75, 3.05) is 19.5 Å². The van der Waals surface area contributed by atoms with E-state index in [4.69, 9.17) is 26.8 Å². The monoisotopic (exact) mass is 243 g/mol. The predicted octanol–water partition coefficient (Wildman–Crippen LogP) is 2.04. The molecule has 0 saturated heterocycles. The van der Waals surface area contributed by atoms with Gasteiger partial charge in [0.05, 0.1) is 25.8 Å². The van der Waals surface area contributed by atoms with Gasteiger partial charge in [0.25, 0.3) is 0 Å². The molecule has 0 heterocycles. The highest BCUT2D eigenvalue weighted by Gasteiger charge is 2.11. The Labute approximate surface area is 99.3 Å². The van der Waals surface area contributed by atoms with Crippen LogP contribution in [0.1, 0.15) is 12.5 Å². The highest BCUT2D eigenvalue weighted by Crippen LogP contribution is 2.29. The second-order valence-electron chi connectivity index (χ2n) is 3.17. The van der Waals surface area contributed by atoms with Gasteiger partial charge in [-0.15, -0.1) is 0 Å². The summed E-state index contributed by atoms with van der Waals surface area (Å²) >= 11 is 5.96. The van der Waals surface area contributed by atoms with Gasteiger partial charge in [-0.05, 0) is 24.6 Å². The van der Waals surface area contributed by atoms with Crippen molar-refractivity contribution in [2.45, 2.75) is 13.3 Å². The number of ether oxygens (including phenoxy) is 2. The lowest BCUT2D eigenvalue weighted by Crippen LogP contribution is -2.08. The van der Waals surface area contributed by atoms with Crippen LogP contribution in [0.5, 0.6) is 5.75 Å². The van der Waals surface area contributed by atoms with E-state index in [1.54, 1.807) is 19.1 Å². The molecule has 0 amide bonds. The molecule has 1 aromatic rings. The molecule has 0 aromatic heterocycles.